The predicted octanol–water partition coefficient (Wildman–Crippen LogP) is 1.38. The molecule has 0 radical (unpaired) electrons. The van der Waals surface area contributed by atoms with Gasteiger partial charge >= 0.3 is 0 Å². The van der Waals surface area contributed by atoms with Crippen LogP contribution >= 0.6 is 0 Å². The zero-order chi connectivity index (χ0) is 21.1. The minimum atomic E-state index is -0.909. The van der Waals surface area contributed by atoms with Gasteiger partial charge in [-0.1, -0.05) is 44.2 Å². The van der Waals surface area contributed by atoms with Gasteiger partial charge < -0.3 is 15.4 Å². The van der Waals surface area contributed by atoms with E-state index in [9.17, 15) is 14.4 Å². The maximum atomic E-state index is 12.7. The number of likely N-dealkylation sites (N-methyl/N-ethyl adjacent to an activating group) is 1. The van der Waals surface area contributed by atoms with Crippen LogP contribution in [0.4, 0.5) is 0 Å². The van der Waals surface area contributed by atoms with Crippen molar-refractivity contribution in [2.75, 3.05) is 7.05 Å². The van der Waals surface area contributed by atoms with Crippen molar-refractivity contribution in [3.8, 4) is 0 Å². The van der Waals surface area contributed by atoms with Crippen LogP contribution in [-0.4, -0.2) is 42.1 Å². The van der Waals surface area contributed by atoms with Crippen LogP contribution in [0.1, 0.15) is 39.2 Å². The lowest BCUT2D eigenvalue weighted by Gasteiger charge is -2.26. The number of carbonyl (C=O) groups is 3. The number of rotatable bonds is 11. The highest BCUT2D eigenvalue weighted by molar-refractivity contribution is 5.90. The molecule has 1 aromatic carbocycles. The summed E-state index contributed by atoms with van der Waals surface area (Å²) in [6.45, 7) is 5.87. The number of hydrogen-bond donors (Lipinski definition) is 4. The Morgan fingerprint density at radius 2 is 1.71 bits per heavy atom. The number of amides is 3. The largest absolute Gasteiger partial charge is 0.371 e. The van der Waals surface area contributed by atoms with Crippen molar-refractivity contribution in [1.29, 1.82) is 0 Å². The van der Waals surface area contributed by atoms with Gasteiger partial charge in [-0.2, -0.15) is 0 Å². The summed E-state index contributed by atoms with van der Waals surface area (Å²) in [4.78, 5) is 36.6. The first-order valence-corrected chi connectivity index (χ1v) is 9.38. The van der Waals surface area contributed by atoms with E-state index in [0.717, 1.165) is 5.56 Å². The topological polar surface area (TPSA) is 117 Å². The molecule has 0 spiro atoms. The Balaban J connectivity index is 2.82. The molecule has 0 aliphatic heterocycles. The molecule has 0 aromatic heterocycles. The molecular weight excluding hydrogens is 362 g/mol. The van der Waals surface area contributed by atoms with E-state index in [-0.39, 0.29) is 18.2 Å². The summed E-state index contributed by atoms with van der Waals surface area (Å²) < 4.78 is 5.78. The van der Waals surface area contributed by atoms with Crippen LogP contribution in [-0.2, 0) is 25.7 Å². The number of hydrogen-bond acceptors (Lipinski definition) is 5. The maximum absolute atomic E-state index is 12.7. The lowest BCUT2D eigenvalue weighted by atomic mass is 9.92. The van der Waals surface area contributed by atoms with E-state index in [1.165, 1.54) is 7.05 Å². The molecular formula is C20H31N3O5. The van der Waals surface area contributed by atoms with Gasteiger partial charge in [0, 0.05) is 19.4 Å². The average molecular weight is 393 g/mol. The van der Waals surface area contributed by atoms with E-state index in [1.807, 2.05) is 44.2 Å². The van der Waals surface area contributed by atoms with E-state index in [2.05, 4.69) is 10.6 Å². The molecule has 3 amide bonds. The van der Waals surface area contributed by atoms with Crippen LogP contribution in [0, 0.1) is 11.8 Å². The molecule has 3 unspecified atom stereocenters. The number of ether oxygens (including phenoxy) is 1. The van der Waals surface area contributed by atoms with Crippen LogP contribution in [0.2, 0.25) is 0 Å². The number of nitrogens with one attached hydrogen (secondary N) is 3. The van der Waals surface area contributed by atoms with Crippen molar-refractivity contribution >= 4 is 17.7 Å². The van der Waals surface area contributed by atoms with Crippen LogP contribution in [0.15, 0.2) is 30.3 Å². The molecule has 1 aromatic rings. The van der Waals surface area contributed by atoms with Gasteiger partial charge in [-0.15, -0.1) is 0 Å². The predicted molar refractivity (Wildman–Crippen MR) is 104 cm³/mol. The van der Waals surface area contributed by atoms with Gasteiger partial charge in [0.25, 0.3) is 0 Å². The molecule has 0 heterocycles. The second-order valence-corrected chi connectivity index (χ2v) is 7.17. The molecule has 8 nitrogen and oxygen atoms in total. The fraction of sp³-hybridized carbons (Fsp3) is 0.550. The molecule has 0 saturated carbocycles. The Morgan fingerprint density at radius 1 is 1.07 bits per heavy atom. The van der Waals surface area contributed by atoms with Crippen LogP contribution in [0.25, 0.3) is 0 Å². The summed E-state index contributed by atoms with van der Waals surface area (Å²) in [5, 5.41) is 14.0. The molecule has 0 bridgehead atoms. The molecule has 0 fully saturated rings. The molecule has 3 atom stereocenters. The van der Waals surface area contributed by atoms with Crippen molar-refractivity contribution in [2.24, 2.45) is 11.8 Å². The smallest absolute Gasteiger partial charge is 0.245 e. The van der Waals surface area contributed by atoms with Gasteiger partial charge in [0.2, 0.25) is 17.7 Å². The second kappa shape index (κ2) is 12.1. The third-order valence-electron chi connectivity index (χ3n) is 4.33. The Morgan fingerprint density at radius 3 is 2.25 bits per heavy atom. The van der Waals surface area contributed by atoms with E-state index in [1.54, 1.807) is 12.4 Å². The molecule has 0 aliphatic carbocycles. The molecule has 8 heteroatoms. The minimum Gasteiger partial charge on any atom is -0.371 e. The summed E-state index contributed by atoms with van der Waals surface area (Å²) in [5.74, 6) is -1.97. The molecule has 28 heavy (non-hydrogen) atoms. The number of benzene rings is 1. The first kappa shape index (κ1) is 23.6. The molecule has 156 valence electrons. The lowest BCUT2D eigenvalue weighted by Crippen LogP contribution is -2.54. The van der Waals surface area contributed by atoms with Crippen molar-refractivity contribution in [3.63, 3.8) is 0 Å². The Kier molecular flexibility index (Phi) is 10.2. The number of carbonyl (C=O) groups excluding carboxylic acids is 3. The van der Waals surface area contributed by atoms with Gasteiger partial charge in [0.05, 0.1) is 12.7 Å². The normalized spacial score (nSPS) is 14.1. The Bertz CT molecular complexity index is 636. The summed E-state index contributed by atoms with van der Waals surface area (Å²) in [5.41, 5.74) is 2.50. The highest BCUT2D eigenvalue weighted by atomic mass is 16.5. The van der Waals surface area contributed by atoms with Crippen molar-refractivity contribution < 1.29 is 24.3 Å². The van der Waals surface area contributed by atoms with E-state index < -0.39 is 29.9 Å². The van der Waals surface area contributed by atoms with Crippen LogP contribution in [0.5, 0.6) is 0 Å². The van der Waals surface area contributed by atoms with Gasteiger partial charge in [0.15, 0.2) is 0 Å². The first-order chi connectivity index (χ1) is 13.3. The third-order valence-corrected chi connectivity index (χ3v) is 4.33. The van der Waals surface area contributed by atoms with Crippen molar-refractivity contribution in [2.45, 2.75) is 52.4 Å². The molecule has 0 aliphatic rings. The van der Waals surface area contributed by atoms with Crippen molar-refractivity contribution in [1.82, 2.24) is 16.1 Å². The molecule has 4 N–H and O–H groups in total. The highest BCUT2D eigenvalue weighted by Crippen LogP contribution is 2.17. The fourth-order valence-electron chi connectivity index (χ4n) is 2.84. The SMILES string of the molecule is CNC(=O)C(NC(=O)C(CC(=O)NO)CC(C)C)C(C)OCc1ccccc1. The Hall–Kier alpha value is -2.45. The molecule has 1 rings (SSSR count). The molecule has 0 saturated heterocycles. The quantitative estimate of drug-likeness (QED) is 0.335. The van der Waals surface area contributed by atoms with E-state index >= 15 is 0 Å². The monoisotopic (exact) mass is 393 g/mol. The standard InChI is InChI=1S/C20H31N3O5/c1-13(2)10-16(11-17(24)23-27)19(25)22-18(20(26)21-4)14(3)28-12-15-8-6-5-7-9-15/h5-9,13-14,16,18,27H,10-12H2,1-4H3,(H,21,26)(H,22,25)(H,23,24). The maximum Gasteiger partial charge on any atom is 0.245 e. The van der Waals surface area contributed by atoms with Crippen molar-refractivity contribution in [3.05, 3.63) is 35.9 Å². The highest BCUT2D eigenvalue weighted by Gasteiger charge is 2.31. The van der Waals surface area contributed by atoms with Gasteiger partial charge in [0.1, 0.15) is 6.04 Å². The van der Waals surface area contributed by atoms with Crippen LogP contribution < -0.4 is 16.1 Å². The number of hydroxylamine groups is 1. The van der Waals surface area contributed by atoms with Gasteiger partial charge in [-0.3, -0.25) is 19.6 Å². The summed E-state index contributed by atoms with van der Waals surface area (Å²) >= 11 is 0. The second-order valence-electron chi connectivity index (χ2n) is 7.17. The zero-order valence-electron chi connectivity index (χ0n) is 16.9. The Labute approximate surface area is 166 Å². The lowest BCUT2D eigenvalue weighted by molar-refractivity contribution is -0.138. The summed E-state index contributed by atoms with van der Waals surface area (Å²) in [6.07, 6.45) is -0.311. The zero-order valence-corrected chi connectivity index (χ0v) is 16.9. The summed E-state index contributed by atoms with van der Waals surface area (Å²) in [6, 6.07) is 8.60. The average Bonchev–Trinajstić information content (AvgIpc) is 2.69. The van der Waals surface area contributed by atoms with E-state index in [4.69, 9.17) is 9.94 Å². The third kappa shape index (κ3) is 8.06. The van der Waals surface area contributed by atoms with E-state index in [0.29, 0.717) is 13.0 Å². The fourth-order valence-corrected chi connectivity index (χ4v) is 2.84. The minimum absolute atomic E-state index is 0.160. The van der Waals surface area contributed by atoms with Crippen LogP contribution in [0.3, 0.4) is 0 Å². The van der Waals surface area contributed by atoms with Gasteiger partial charge in [-0.25, -0.2) is 5.48 Å². The van der Waals surface area contributed by atoms with Gasteiger partial charge in [-0.05, 0) is 24.8 Å². The summed E-state index contributed by atoms with van der Waals surface area (Å²) in [7, 11) is 1.48. The first-order valence-electron chi connectivity index (χ1n) is 9.38.